The number of alkyl halides is 3. The van der Waals surface area contributed by atoms with Crippen LogP contribution in [-0.2, 0) is 19.1 Å². The van der Waals surface area contributed by atoms with Gasteiger partial charge in [-0.05, 0) is 59.4 Å². The summed E-state index contributed by atoms with van der Waals surface area (Å²) in [5, 5.41) is 21.0. The zero-order valence-corrected chi connectivity index (χ0v) is 20.3. The first-order valence-electron chi connectivity index (χ1n) is 12.3. The molecule has 1 atom stereocenters. The molecule has 4 nitrogen and oxygen atoms in total. The molecule has 8 heteroatoms. The number of nitrogens with zero attached hydrogens (tertiary/aromatic N) is 2. The van der Waals surface area contributed by atoms with E-state index in [1.54, 1.807) is 6.07 Å². The van der Waals surface area contributed by atoms with E-state index in [9.17, 15) is 18.3 Å². The summed E-state index contributed by atoms with van der Waals surface area (Å²) in [6.07, 6.45) is -1.30. The van der Waals surface area contributed by atoms with E-state index in [1.165, 1.54) is 6.07 Å². The van der Waals surface area contributed by atoms with Gasteiger partial charge in [-0.1, -0.05) is 66.2 Å². The predicted molar refractivity (Wildman–Crippen MR) is 135 cm³/mol. The summed E-state index contributed by atoms with van der Waals surface area (Å²) < 4.78 is 56.8. The fourth-order valence-corrected chi connectivity index (χ4v) is 5.19. The summed E-state index contributed by atoms with van der Waals surface area (Å²) in [5.41, 5.74) is 4.81. The van der Waals surface area contributed by atoms with Gasteiger partial charge in [0.05, 0.1) is 22.9 Å². The molecule has 0 aromatic heterocycles. The Hall–Kier alpha value is -3.41. The number of halogens is 4. The average molecular weight is 512 g/mol. The van der Waals surface area contributed by atoms with Crippen LogP contribution >= 0.6 is 0 Å². The number of benzene rings is 3. The van der Waals surface area contributed by atoms with Crippen LogP contribution in [-0.4, -0.2) is 10.8 Å². The monoisotopic (exact) mass is 511 g/mol. The average Bonchev–Trinajstić information content (AvgIpc) is 2.92. The third-order valence-corrected chi connectivity index (χ3v) is 7.14. The van der Waals surface area contributed by atoms with Gasteiger partial charge in [0.2, 0.25) is 0 Å². The smallest absolute Gasteiger partial charge is 0.368 e. The van der Waals surface area contributed by atoms with Crippen LogP contribution in [0.2, 0.25) is 0 Å². The summed E-state index contributed by atoms with van der Waals surface area (Å²) in [6, 6.07) is 19.2. The van der Waals surface area contributed by atoms with Crippen molar-refractivity contribution in [1.82, 2.24) is 0 Å². The summed E-state index contributed by atoms with van der Waals surface area (Å²) in [5.74, 6) is -0.486. The molecule has 1 aliphatic rings. The maximum absolute atomic E-state index is 16.1. The van der Waals surface area contributed by atoms with E-state index in [1.807, 2.05) is 42.5 Å². The number of nitrogens with two attached hydrogens (primary N) is 1. The Morgan fingerprint density at radius 3 is 2.14 bits per heavy atom. The van der Waals surface area contributed by atoms with Gasteiger partial charge in [-0.15, -0.1) is 0 Å². The minimum absolute atomic E-state index is 0.0705. The highest BCUT2D eigenvalue weighted by Gasteiger charge is 2.45. The second kappa shape index (κ2) is 10.9. The lowest BCUT2D eigenvalue weighted by atomic mass is 9.78. The number of hydrogen-bond donors (Lipinski definition) is 2. The van der Waals surface area contributed by atoms with Crippen LogP contribution in [0.4, 0.5) is 23.3 Å². The Kier molecular flexibility index (Phi) is 7.86. The third kappa shape index (κ3) is 5.79. The second-order valence-electron chi connectivity index (χ2n) is 9.62. The molecule has 0 aliphatic heterocycles. The van der Waals surface area contributed by atoms with Crippen LogP contribution in [0, 0.1) is 17.2 Å². The number of aliphatic hydroxyl groups is 1. The SMILES string of the molecule is N#Cc1ccc(N(F)C(O)(Cc2cccc(-c3cccc(CN)c3)c2)C2CCCCC2)cc1C(F)(F)F. The van der Waals surface area contributed by atoms with Gasteiger partial charge >= 0.3 is 6.18 Å². The molecule has 0 spiro atoms. The van der Waals surface area contributed by atoms with Crippen LogP contribution < -0.4 is 10.9 Å². The van der Waals surface area contributed by atoms with E-state index in [2.05, 4.69) is 0 Å². The normalized spacial score (nSPS) is 16.1. The highest BCUT2D eigenvalue weighted by Crippen LogP contribution is 2.42. The molecule has 37 heavy (non-hydrogen) atoms. The maximum Gasteiger partial charge on any atom is 0.417 e. The fraction of sp³-hybridized carbons (Fsp3) is 0.345. The second-order valence-corrected chi connectivity index (χ2v) is 9.62. The van der Waals surface area contributed by atoms with Crippen LogP contribution in [0.15, 0.2) is 66.7 Å². The van der Waals surface area contributed by atoms with Crippen LogP contribution in [0.3, 0.4) is 0 Å². The molecule has 4 rings (SSSR count). The number of nitriles is 1. The third-order valence-electron chi connectivity index (χ3n) is 7.14. The van der Waals surface area contributed by atoms with Crippen molar-refractivity contribution in [3.05, 3.63) is 89.0 Å². The lowest BCUT2D eigenvalue weighted by molar-refractivity contribution is -0.137. The quantitative estimate of drug-likeness (QED) is 0.205. The van der Waals surface area contributed by atoms with E-state index in [0.717, 1.165) is 48.1 Å². The number of rotatable bonds is 7. The molecule has 1 aliphatic carbocycles. The topological polar surface area (TPSA) is 73.3 Å². The minimum atomic E-state index is -4.84. The first kappa shape index (κ1) is 26.6. The van der Waals surface area contributed by atoms with E-state index < -0.39 is 34.6 Å². The lowest BCUT2D eigenvalue weighted by Crippen LogP contribution is -2.53. The van der Waals surface area contributed by atoms with E-state index >= 15 is 4.48 Å². The van der Waals surface area contributed by atoms with Crippen molar-refractivity contribution in [3.8, 4) is 17.2 Å². The molecule has 194 valence electrons. The van der Waals surface area contributed by atoms with Gasteiger partial charge in [-0.25, -0.2) is 0 Å². The highest BCUT2D eigenvalue weighted by atomic mass is 19.4. The van der Waals surface area contributed by atoms with Crippen molar-refractivity contribution in [3.63, 3.8) is 0 Å². The van der Waals surface area contributed by atoms with Crippen molar-refractivity contribution in [2.45, 2.75) is 57.0 Å². The number of hydrogen-bond acceptors (Lipinski definition) is 4. The largest absolute Gasteiger partial charge is 0.417 e. The Morgan fingerprint density at radius 2 is 1.54 bits per heavy atom. The van der Waals surface area contributed by atoms with Crippen molar-refractivity contribution >= 4 is 5.69 Å². The Bertz CT molecular complexity index is 1280. The van der Waals surface area contributed by atoms with Crippen molar-refractivity contribution < 1.29 is 22.8 Å². The standard InChI is InChI=1S/C29H29F4N3O/c30-29(31,32)27-16-26(13-12-24(27)19-35)36(33)28(37,25-10-2-1-3-11-25)17-20-6-4-8-22(14-20)23-9-5-7-21(15-23)18-34/h4-9,12-16,25,37H,1-3,10-11,17-18,34H2. The summed E-state index contributed by atoms with van der Waals surface area (Å²) in [4.78, 5) is 0. The Balaban J connectivity index is 1.73. The summed E-state index contributed by atoms with van der Waals surface area (Å²) in [7, 11) is 0. The van der Waals surface area contributed by atoms with Gasteiger partial charge in [0.25, 0.3) is 0 Å². The van der Waals surface area contributed by atoms with E-state index in [0.29, 0.717) is 31.0 Å². The van der Waals surface area contributed by atoms with Crippen LogP contribution in [0.1, 0.15) is 54.4 Å². The van der Waals surface area contributed by atoms with Gasteiger partial charge in [0, 0.05) is 18.9 Å². The first-order chi connectivity index (χ1) is 17.7. The molecule has 0 heterocycles. The zero-order valence-electron chi connectivity index (χ0n) is 20.3. The van der Waals surface area contributed by atoms with Crippen molar-refractivity contribution in [1.29, 1.82) is 5.26 Å². The fourth-order valence-electron chi connectivity index (χ4n) is 5.19. The zero-order chi connectivity index (χ0) is 26.6. The molecule has 0 saturated heterocycles. The lowest BCUT2D eigenvalue weighted by Gasteiger charge is -2.42. The minimum Gasteiger partial charge on any atom is -0.368 e. The molecule has 0 amide bonds. The molecule has 0 bridgehead atoms. The Morgan fingerprint density at radius 1 is 0.919 bits per heavy atom. The summed E-state index contributed by atoms with van der Waals surface area (Å²) >= 11 is 0. The van der Waals surface area contributed by atoms with Crippen LogP contribution in [0.5, 0.6) is 0 Å². The molecule has 3 N–H and O–H groups in total. The maximum atomic E-state index is 16.1. The van der Waals surface area contributed by atoms with Gasteiger partial charge in [0.15, 0.2) is 5.72 Å². The van der Waals surface area contributed by atoms with Gasteiger partial charge < -0.3 is 10.8 Å². The molecule has 1 unspecified atom stereocenters. The molecule has 1 saturated carbocycles. The molecule has 0 radical (unpaired) electrons. The molecular formula is C29H29F4N3O. The molecule has 3 aromatic carbocycles. The van der Waals surface area contributed by atoms with Crippen molar-refractivity contribution in [2.75, 3.05) is 5.12 Å². The van der Waals surface area contributed by atoms with Crippen LogP contribution in [0.25, 0.3) is 11.1 Å². The first-order valence-corrected chi connectivity index (χ1v) is 12.3. The highest BCUT2D eigenvalue weighted by molar-refractivity contribution is 5.65. The van der Waals surface area contributed by atoms with E-state index in [-0.39, 0.29) is 11.5 Å². The summed E-state index contributed by atoms with van der Waals surface area (Å²) in [6.45, 7) is 0.385. The Labute approximate surface area is 213 Å². The van der Waals surface area contributed by atoms with Gasteiger partial charge in [-0.2, -0.15) is 23.6 Å². The predicted octanol–water partition coefficient (Wildman–Crippen LogP) is 6.91. The number of anilines is 1. The van der Waals surface area contributed by atoms with Crippen molar-refractivity contribution in [2.24, 2.45) is 11.7 Å². The molecular weight excluding hydrogens is 482 g/mol. The van der Waals surface area contributed by atoms with E-state index in [4.69, 9.17) is 11.0 Å². The molecule has 3 aromatic rings. The van der Waals surface area contributed by atoms with Gasteiger partial charge in [0.1, 0.15) is 0 Å². The molecule has 1 fully saturated rings. The van der Waals surface area contributed by atoms with Gasteiger partial charge in [-0.3, -0.25) is 0 Å².